The molecule has 26 heavy (non-hydrogen) atoms. The Kier molecular flexibility index (Phi) is 5.00. The average Bonchev–Trinajstić information content (AvgIpc) is 2.61. The van der Waals surface area contributed by atoms with Crippen molar-refractivity contribution >= 4 is 34.1 Å². The van der Waals surface area contributed by atoms with Gasteiger partial charge in [0.15, 0.2) is 0 Å². The summed E-state index contributed by atoms with van der Waals surface area (Å²) >= 11 is 6.48. The normalized spacial score (nSPS) is 18.2. The predicted molar refractivity (Wildman–Crippen MR) is 106 cm³/mol. The maximum Gasteiger partial charge on any atom is 0.225 e. The van der Waals surface area contributed by atoms with Crippen molar-refractivity contribution in [3.8, 4) is 0 Å². The Hall–Kier alpha value is -1.85. The fraction of sp³-hybridized carbons (Fsp3) is 0.500. The number of nitrogens with two attached hydrogens (primary N) is 1. The third-order valence-electron chi connectivity index (χ3n) is 5.67. The number of hydrogen-bond acceptors (Lipinski definition) is 4. The summed E-state index contributed by atoms with van der Waals surface area (Å²) in [6.07, 6.45) is 5.89. The van der Waals surface area contributed by atoms with E-state index in [1.54, 1.807) is 0 Å². The van der Waals surface area contributed by atoms with Crippen LogP contribution in [-0.2, 0) is 11.2 Å². The zero-order chi connectivity index (χ0) is 18.1. The van der Waals surface area contributed by atoms with E-state index in [0.717, 1.165) is 72.6 Å². The number of halogens is 1. The van der Waals surface area contributed by atoms with Crippen LogP contribution in [-0.4, -0.2) is 48.5 Å². The number of piperazine rings is 1. The molecule has 1 aliphatic carbocycles. The summed E-state index contributed by atoms with van der Waals surface area (Å²) in [5, 5.41) is 1.69. The van der Waals surface area contributed by atoms with Gasteiger partial charge < -0.3 is 15.5 Å². The molecular weight excluding hydrogens is 348 g/mol. The van der Waals surface area contributed by atoms with Crippen LogP contribution in [0.1, 0.15) is 24.8 Å². The van der Waals surface area contributed by atoms with Gasteiger partial charge in [0.2, 0.25) is 5.91 Å². The van der Waals surface area contributed by atoms with Gasteiger partial charge in [-0.25, -0.2) is 0 Å². The van der Waals surface area contributed by atoms with E-state index in [1.807, 2.05) is 29.3 Å². The molecule has 4 rings (SSSR count). The first-order valence-corrected chi connectivity index (χ1v) is 9.86. The molecule has 1 amide bonds. The quantitative estimate of drug-likeness (QED) is 0.896. The first-order valence-electron chi connectivity index (χ1n) is 9.49. The molecule has 6 heteroatoms. The highest BCUT2D eigenvalue weighted by Crippen LogP contribution is 2.36. The molecule has 0 radical (unpaired) electrons. The van der Waals surface area contributed by atoms with Gasteiger partial charge in [-0.1, -0.05) is 18.0 Å². The Morgan fingerprint density at radius 1 is 1.27 bits per heavy atom. The molecule has 1 aliphatic heterocycles. The first-order chi connectivity index (χ1) is 12.7. The van der Waals surface area contributed by atoms with Gasteiger partial charge >= 0.3 is 0 Å². The summed E-state index contributed by atoms with van der Waals surface area (Å²) in [5.41, 5.74) is 9.04. The van der Waals surface area contributed by atoms with Crippen molar-refractivity contribution < 1.29 is 4.79 Å². The van der Waals surface area contributed by atoms with Crippen LogP contribution in [0.4, 0.5) is 5.69 Å². The Labute approximate surface area is 159 Å². The number of carbonyl (C=O) groups excluding carboxylic acids is 1. The van der Waals surface area contributed by atoms with Crippen LogP contribution in [0.25, 0.3) is 10.9 Å². The Balaban J connectivity index is 1.61. The fourth-order valence-corrected chi connectivity index (χ4v) is 4.28. The molecule has 1 aromatic carbocycles. The summed E-state index contributed by atoms with van der Waals surface area (Å²) in [6.45, 7) is 3.76. The van der Waals surface area contributed by atoms with Crippen molar-refractivity contribution in [1.82, 2.24) is 9.88 Å². The minimum atomic E-state index is 0.271. The maximum atomic E-state index is 12.5. The van der Waals surface area contributed by atoms with E-state index in [0.29, 0.717) is 12.5 Å². The van der Waals surface area contributed by atoms with E-state index in [-0.39, 0.29) is 5.92 Å². The van der Waals surface area contributed by atoms with Crippen LogP contribution in [0, 0.1) is 5.92 Å². The van der Waals surface area contributed by atoms with E-state index < -0.39 is 0 Å². The Morgan fingerprint density at radius 3 is 2.69 bits per heavy atom. The summed E-state index contributed by atoms with van der Waals surface area (Å²) < 4.78 is 0. The molecule has 2 N–H and O–H groups in total. The number of benzene rings is 1. The van der Waals surface area contributed by atoms with Crippen LogP contribution in [0.2, 0.25) is 5.02 Å². The lowest BCUT2D eigenvalue weighted by Gasteiger charge is -2.40. The van der Waals surface area contributed by atoms with E-state index in [1.165, 1.54) is 6.42 Å². The topological polar surface area (TPSA) is 62.5 Å². The third kappa shape index (κ3) is 3.14. The SMILES string of the molecule is NCCc1cc(Cl)c2cccnc2c1N1CCN(C(=O)C2CCC2)CC1. The number of carbonyl (C=O) groups is 1. The molecule has 5 nitrogen and oxygen atoms in total. The monoisotopic (exact) mass is 372 g/mol. The lowest BCUT2D eigenvalue weighted by atomic mass is 9.84. The molecule has 0 bridgehead atoms. The highest BCUT2D eigenvalue weighted by atomic mass is 35.5. The van der Waals surface area contributed by atoms with E-state index >= 15 is 0 Å². The van der Waals surface area contributed by atoms with Crippen LogP contribution < -0.4 is 10.6 Å². The van der Waals surface area contributed by atoms with Crippen LogP contribution >= 0.6 is 11.6 Å². The number of aromatic nitrogens is 1. The third-order valence-corrected chi connectivity index (χ3v) is 5.98. The summed E-state index contributed by atoms with van der Waals surface area (Å²) in [5.74, 6) is 0.615. The Bertz CT molecular complexity index is 813. The highest BCUT2D eigenvalue weighted by molar-refractivity contribution is 6.36. The molecule has 1 saturated heterocycles. The molecule has 2 aromatic rings. The highest BCUT2D eigenvalue weighted by Gasteiger charge is 2.32. The number of amides is 1. The number of nitrogens with zero attached hydrogens (tertiary/aromatic N) is 3. The van der Waals surface area contributed by atoms with Gasteiger partial charge in [-0.2, -0.15) is 0 Å². The Morgan fingerprint density at radius 2 is 2.04 bits per heavy atom. The van der Waals surface area contributed by atoms with Crippen molar-refractivity contribution in [3.63, 3.8) is 0 Å². The van der Waals surface area contributed by atoms with Crippen molar-refractivity contribution in [3.05, 3.63) is 35.0 Å². The molecule has 0 unspecified atom stereocenters. The van der Waals surface area contributed by atoms with Crippen molar-refractivity contribution in [1.29, 1.82) is 0 Å². The second-order valence-electron chi connectivity index (χ2n) is 7.24. The second-order valence-corrected chi connectivity index (χ2v) is 7.65. The molecule has 2 fully saturated rings. The van der Waals surface area contributed by atoms with E-state index in [2.05, 4.69) is 9.88 Å². The van der Waals surface area contributed by atoms with Gasteiger partial charge in [-0.3, -0.25) is 9.78 Å². The molecule has 1 saturated carbocycles. The van der Waals surface area contributed by atoms with Crippen LogP contribution in [0.15, 0.2) is 24.4 Å². The molecule has 0 atom stereocenters. The lowest BCUT2D eigenvalue weighted by molar-refractivity contribution is -0.138. The number of rotatable bonds is 4. The molecule has 138 valence electrons. The number of pyridine rings is 1. The molecule has 2 heterocycles. The molecule has 0 spiro atoms. The summed E-state index contributed by atoms with van der Waals surface area (Å²) in [4.78, 5) is 21.5. The fourth-order valence-electron chi connectivity index (χ4n) is 4.00. The van der Waals surface area contributed by atoms with Gasteiger partial charge in [0.05, 0.1) is 16.2 Å². The van der Waals surface area contributed by atoms with Crippen molar-refractivity contribution in [2.75, 3.05) is 37.6 Å². The summed E-state index contributed by atoms with van der Waals surface area (Å²) in [6, 6.07) is 5.95. The van der Waals surface area contributed by atoms with Crippen LogP contribution in [0.5, 0.6) is 0 Å². The standard InChI is InChI=1S/C20H25ClN4O/c21-17-13-15(6-7-22)19(18-16(17)5-2-8-23-18)24-9-11-25(12-10-24)20(26)14-3-1-4-14/h2,5,8,13-14H,1,3-4,6-7,9-12,22H2. The zero-order valence-corrected chi connectivity index (χ0v) is 15.7. The number of anilines is 1. The zero-order valence-electron chi connectivity index (χ0n) is 15.0. The second kappa shape index (κ2) is 7.41. The van der Waals surface area contributed by atoms with Gasteiger partial charge in [0.25, 0.3) is 0 Å². The molecule has 1 aromatic heterocycles. The first kappa shape index (κ1) is 17.6. The smallest absolute Gasteiger partial charge is 0.225 e. The predicted octanol–water partition coefficient (Wildman–Crippen LogP) is 2.84. The summed E-state index contributed by atoms with van der Waals surface area (Å²) in [7, 11) is 0. The van der Waals surface area contributed by atoms with E-state index in [4.69, 9.17) is 17.3 Å². The van der Waals surface area contributed by atoms with Crippen LogP contribution in [0.3, 0.4) is 0 Å². The van der Waals surface area contributed by atoms with Crippen molar-refractivity contribution in [2.45, 2.75) is 25.7 Å². The minimum absolute atomic E-state index is 0.271. The van der Waals surface area contributed by atoms with Gasteiger partial charge in [-0.05, 0) is 49.6 Å². The van der Waals surface area contributed by atoms with E-state index in [9.17, 15) is 4.79 Å². The van der Waals surface area contributed by atoms with Gasteiger partial charge in [-0.15, -0.1) is 0 Å². The number of hydrogen-bond donors (Lipinski definition) is 1. The molecule has 2 aliphatic rings. The van der Waals surface area contributed by atoms with Gasteiger partial charge in [0.1, 0.15) is 0 Å². The van der Waals surface area contributed by atoms with Crippen molar-refractivity contribution in [2.24, 2.45) is 11.7 Å². The molecular formula is C20H25ClN4O. The lowest BCUT2D eigenvalue weighted by Crippen LogP contribution is -2.51. The average molecular weight is 373 g/mol. The van der Waals surface area contributed by atoms with Gasteiger partial charge in [0, 0.05) is 43.7 Å². The minimum Gasteiger partial charge on any atom is -0.366 e. The maximum absolute atomic E-state index is 12.5. The largest absolute Gasteiger partial charge is 0.366 e. The number of fused-ring (bicyclic) bond motifs is 1.